The van der Waals surface area contributed by atoms with Gasteiger partial charge in [-0.1, -0.05) is 12.1 Å². The summed E-state index contributed by atoms with van der Waals surface area (Å²) < 4.78 is 45.2. The number of nitrogens with two attached hydrogens (primary N) is 1. The van der Waals surface area contributed by atoms with E-state index in [9.17, 15) is 22.8 Å². The number of fused-ring (bicyclic) bond motifs is 1. The number of imidazole rings is 1. The molecule has 15 heteroatoms. The minimum absolute atomic E-state index is 0.0130. The first kappa shape index (κ1) is 26.1. The van der Waals surface area contributed by atoms with Crippen LogP contribution in [0.3, 0.4) is 0 Å². The lowest BCUT2D eigenvalue weighted by Gasteiger charge is -2.10. The molecule has 3 rings (SSSR count). The molecule has 1 aromatic carbocycles. The van der Waals surface area contributed by atoms with E-state index in [2.05, 4.69) is 25.4 Å². The molecular formula is C20H22ClF3N8O3. The van der Waals surface area contributed by atoms with Gasteiger partial charge >= 0.3 is 11.9 Å². The minimum atomic E-state index is -4.41. The number of aromatic nitrogens is 4. The number of methoxy groups -OCH3 is 1. The fourth-order valence-corrected chi connectivity index (χ4v) is 3.38. The van der Waals surface area contributed by atoms with Crippen molar-refractivity contribution in [3.05, 3.63) is 61.5 Å². The van der Waals surface area contributed by atoms with E-state index < -0.39 is 23.0 Å². The zero-order valence-corrected chi connectivity index (χ0v) is 19.3. The van der Waals surface area contributed by atoms with E-state index in [-0.39, 0.29) is 54.9 Å². The molecule has 3 N–H and O–H groups in total. The van der Waals surface area contributed by atoms with Crippen molar-refractivity contribution in [1.29, 1.82) is 0 Å². The number of hydrogen-bond acceptors (Lipinski definition) is 6. The first-order chi connectivity index (χ1) is 16.6. The van der Waals surface area contributed by atoms with Gasteiger partial charge < -0.3 is 15.5 Å². The van der Waals surface area contributed by atoms with Crippen LogP contribution in [-0.2, 0) is 30.4 Å². The SMILES string of the molecule is COCCn1c(=O)n(CCCN=NN=C(N)Cc2ccc(C(F)(F)F)cc2)c(=O)c2[nH]c(Cl)nc21. The van der Waals surface area contributed by atoms with E-state index in [1.807, 2.05) is 0 Å². The molecule has 11 nitrogen and oxygen atoms in total. The van der Waals surface area contributed by atoms with E-state index in [1.54, 1.807) is 0 Å². The summed E-state index contributed by atoms with van der Waals surface area (Å²) in [6.45, 7) is 0.613. The second kappa shape index (κ2) is 11.3. The van der Waals surface area contributed by atoms with Gasteiger partial charge in [0, 0.05) is 20.1 Å². The number of rotatable bonds is 10. The molecule has 0 unspecified atom stereocenters. The number of ether oxygens (including phenoxy) is 1. The predicted molar refractivity (Wildman–Crippen MR) is 123 cm³/mol. The average Bonchev–Trinajstić information content (AvgIpc) is 3.19. The number of nitrogens with one attached hydrogen (secondary N) is 1. The molecule has 0 saturated heterocycles. The quantitative estimate of drug-likeness (QED) is 0.107. The Labute approximate surface area is 201 Å². The summed E-state index contributed by atoms with van der Waals surface area (Å²) in [5.74, 6) is 0.0623. The van der Waals surface area contributed by atoms with Crippen LogP contribution in [0.5, 0.6) is 0 Å². The second-order valence-electron chi connectivity index (χ2n) is 7.38. The smallest absolute Gasteiger partial charge is 0.385 e. The third-order valence-electron chi connectivity index (χ3n) is 4.89. The van der Waals surface area contributed by atoms with Crippen LogP contribution in [0.15, 0.2) is 49.3 Å². The molecule has 0 aliphatic carbocycles. The van der Waals surface area contributed by atoms with Crippen molar-refractivity contribution in [3.63, 3.8) is 0 Å². The van der Waals surface area contributed by atoms with Gasteiger partial charge in [-0.2, -0.15) is 23.3 Å². The Hall–Kier alpha value is -3.52. The van der Waals surface area contributed by atoms with Crippen molar-refractivity contribution in [2.75, 3.05) is 20.3 Å². The van der Waals surface area contributed by atoms with Crippen LogP contribution in [-0.4, -0.2) is 45.2 Å². The lowest BCUT2D eigenvalue weighted by atomic mass is 10.1. The van der Waals surface area contributed by atoms with Crippen molar-refractivity contribution < 1.29 is 17.9 Å². The van der Waals surface area contributed by atoms with E-state index in [0.717, 1.165) is 16.7 Å². The minimum Gasteiger partial charge on any atom is -0.385 e. The van der Waals surface area contributed by atoms with Crippen LogP contribution in [0.2, 0.25) is 5.28 Å². The Bertz CT molecular complexity index is 1340. The van der Waals surface area contributed by atoms with Crippen molar-refractivity contribution in [1.82, 2.24) is 19.1 Å². The zero-order chi connectivity index (χ0) is 25.6. The number of benzene rings is 1. The number of halogens is 4. The molecule has 2 aromatic heterocycles. The molecule has 0 aliphatic rings. The molecule has 0 fully saturated rings. The summed E-state index contributed by atoms with van der Waals surface area (Å²) in [5.41, 5.74) is 4.66. The van der Waals surface area contributed by atoms with Gasteiger partial charge in [0.15, 0.2) is 11.2 Å². The van der Waals surface area contributed by atoms with Crippen molar-refractivity contribution in [3.8, 4) is 0 Å². The molecule has 0 aliphatic heterocycles. The second-order valence-corrected chi connectivity index (χ2v) is 7.74. The molecular weight excluding hydrogens is 493 g/mol. The summed E-state index contributed by atoms with van der Waals surface area (Å²) in [6.07, 6.45) is -4.02. The van der Waals surface area contributed by atoms with Crippen LogP contribution < -0.4 is 17.0 Å². The summed E-state index contributed by atoms with van der Waals surface area (Å²) >= 11 is 5.87. The van der Waals surface area contributed by atoms with Gasteiger partial charge in [-0.15, -0.1) is 5.10 Å². The normalized spacial score (nSPS) is 12.8. The Morgan fingerprint density at radius 3 is 2.57 bits per heavy atom. The van der Waals surface area contributed by atoms with Gasteiger partial charge in [0.1, 0.15) is 5.84 Å². The average molecular weight is 515 g/mol. The monoisotopic (exact) mass is 514 g/mol. The van der Waals surface area contributed by atoms with Crippen LogP contribution in [0.25, 0.3) is 11.2 Å². The number of amidine groups is 1. The molecule has 0 bridgehead atoms. The summed E-state index contributed by atoms with van der Waals surface area (Å²) in [5, 5.41) is 11.1. The maximum Gasteiger partial charge on any atom is 0.416 e. The standard InChI is InChI=1S/C20H22ClF3N8O3/c1-35-10-9-31-16-15(27-18(21)28-16)17(33)32(19(31)34)8-2-7-26-30-29-14(25)11-12-3-5-13(6-4-12)20(22,23)24/h3-6H,2,7-11H2,1H3,(H,27,28)(H2,25,26,29). The number of alkyl halides is 3. The largest absolute Gasteiger partial charge is 0.416 e. The van der Waals surface area contributed by atoms with Gasteiger partial charge in [-0.05, 0) is 40.9 Å². The zero-order valence-electron chi connectivity index (χ0n) is 18.5. The number of aromatic amines is 1. The molecule has 0 atom stereocenters. The Morgan fingerprint density at radius 2 is 1.91 bits per heavy atom. The third kappa shape index (κ3) is 6.54. The number of hydrogen-bond donors (Lipinski definition) is 2. The highest BCUT2D eigenvalue weighted by atomic mass is 35.5. The Morgan fingerprint density at radius 1 is 1.20 bits per heavy atom. The van der Waals surface area contributed by atoms with E-state index >= 15 is 0 Å². The highest BCUT2D eigenvalue weighted by Gasteiger charge is 2.29. The maximum absolute atomic E-state index is 12.8. The summed E-state index contributed by atoms with van der Waals surface area (Å²) in [6, 6.07) is 4.54. The predicted octanol–water partition coefficient (Wildman–Crippen LogP) is 2.56. The molecule has 0 saturated carbocycles. The fraction of sp³-hybridized carbons (Fsp3) is 0.400. The number of H-pyrrole nitrogens is 1. The van der Waals surface area contributed by atoms with Crippen LogP contribution >= 0.6 is 11.6 Å². The van der Waals surface area contributed by atoms with Crippen molar-refractivity contribution >= 4 is 28.6 Å². The van der Waals surface area contributed by atoms with Crippen molar-refractivity contribution in [2.24, 2.45) is 21.2 Å². The lowest BCUT2D eigenvalue weighted by molar-refractivity contribution is -0.137. The van der Waals surface area contributed by atoms with E-state index in [0.29, 0.717) is 12.0 Å². The van der Waals surface area contributed by atoms with Crippen LogP contribution in [0.4, 0.5) is 13.2 Å². The summed E-state index contributed by atoms with van der Waals surface area (Å²) in [4.78, 5) is 32.1. The molecule has 2 heterocycles. The molecule has 188 valence electrons. The van der Waals surface area contributed by atoms with Gasteiger partial charge in [0.05, 0.1) is 25.3 Å². The lowest BCUT2D eigenvalue weighted by Crippen LogP contribution is -2.40. The topological polar surface area (TPSA) is 145 Å². The molecule has 0 spiro atoms. The van der Waals surface area contributed by atoms with Gasteiger partial charge in [0.2, 0.25) is 5.28 Å². The van der Waals surface area contributed by atoms with Crippen LogP contribution in [0, 0.1) is 0 Å². The van der Waals surface area contributed by atoms with E-state index in [1.165, 1.54) is 23.8 Å². The fourth-order valence-electron chi connectivity index (χ4n) is 3.21. The highest BCUT2D eigenvalue weighted by molar-refractivity contribution is 6.28. The molecule has 0 amide bonds. The Balaban J connectivity index is 1.60. The molecule has 35 heavy (non-hydrogen) atoms. The van der Waals surface area contributed by atoms with Gasteiger partial charge in [-0.3, -0.25) is 13.9 Å². The van der Waals surface area contributed by atoms with Gasteiger partial charge in [0.25, 0.3) is 5.56 Å². The molecule has 3 aromatic rings. The Kier molecular flexibility index (Phi) is 8.40. The van der Waals surface area contributed by atoms with Crippen LogP contribution in [0.1, 0.15) is 17.5 Å². The highest BCUT2D eigenvalue weighted by Crippen LogP contribution is 2.29. The maximum atomic E-state index is 12.8. The third-order valence-corrected chi connectivity index (χ3v) is 5.07. The number of nitrogens with zero attached hydrogens (tertiary/aromatic N) is 6. The first-order valence-electron chi connectivity index (χ1n) is 10.3. The first-order valence-corrected chi connectivity index (χ1v) is 10.7. The summed E-state index contributed by atoms with van der Waals surface area (Å²) in [7, 11) is 1.49. The van der Waals surface area contributed by atoms with Crippen molar-refractivity contribution in [2.45, 2.75) is 32.1 Å². The molecule has 0 radical (unpaired) electrons. The van der Waals surface area contributed by atoms with E-state index in [4.69, 9.17) is 22.1 Å². The van der Waals surface area contributed by atoms with Gasteiger partial charge in [-0.25, -0.2) is 4.79 Å².